The Hall–Kier alpha value is -3.60. The van der Waals surface area contributed by atoms with E-state index in [1.165, 1.54) is 0 Å². The Labute approximate surface area is 163 Å². The van der Waals surface area contributed by atoms with Gasteiger partial charge in [0.15, 0.2) is 0 Å². The fourth-order valence-electron chi connectivity index (χ4n) is 3.09. The van der Waals surface area contributed by atoms with E-state index in [2.05, 4.69) is 22.5 Å². The zero-order valence-corrected chi connectivity index (χ0v) is 15.4. The first kappa shape index (κ1) is 17.8. The van der Waals surface area contributed by atoms with Gasteiger partial charge >= 0.3 is 0 Å². The van der Waals surface area contributed by atoms with Gasteiger partial charge in [0.25, 0.3) is 5.91 Å². The number of rotatable bonds is 7. The maximum absolute atomic E-state index is 12.3. The topological polar surface area (TPSA) is 56.1 Å². The van der Waals surface area contributed by atoms with E-state index >= 15 is 0 Å². The third kappa shape index (κ3) is 4.20. The molecule has 0 bridgehead atoms. The Morgan fingerprint density at radius 2 is 1.79 bits per heavy atom. The van der Waals surface area contributed by atoms with Gasteiger partial charge in [-0.05, 0) is 35.2 Å². The summed E-state index contributed by atoms with van der Waals surface area (Å²) in [6.07, 6.45) is 3.67. The largest absolute Gasteiger partial charge is 0.491 e. The van der Waals surface area contributed by atoms with Gasteiger partial charge in [-0.15, -0.1) is 0 Å². The first-order valence-corrected chi connectivity index (χ1v) is 9.25. The molecule has 0 unspecified atom stereocenters. The second-order valence-corrected chi connectivity index (χ2v) is 6.48. The molecule has 1 amide bonds. The van der Waals surface area contributed by atoms with Gasteiger partial charge in [-0.1, -0.05) is 48.5 Å². The molecule has 0 fully saturated rings. The van der Waals surface area contributed by atoms with Crippen LogP contribution in [-0.2, 0) is 6.54 Å². The standard InChI is InChI=1S/C23H21N3O2/c27-23(20-11-9-18(10-12-20)17-26-15-4-13-25-26)24-14-16-28-22-8-3-6-19-5-1-2-7-21(19)22/h1-13,15H,14,16-17H2,(H,24,27). The van der Waals surface area contributed by atoms with Crippen molar-refractivity contribution in [3.63, 3.8) is 0 Å². The van der Waals surface area contributed by atoms with Crippen molar-refractivity contribution in [2.24, 2.45) is 0 Å². The molecule has 0 atom stereocenters. The van der Waals surface area contributed by atoms with Gasteiger partial charge in [-0.3, -0.25) is 9.48 Å². The number of carbonyl (C=O) groups is 1. The highest BCUT2D eigenvalue weighted by Gasteiger charge is 2.06. The molecule has 0 saturated heterocycles. The van der Waals surface area contributed by atoms with Crippen molar-refractivity contribution in [1.29, 1.82) is 0 Å². The van der Waals surface area contributed by atoms with Crippen molar-refractivity contribution in [2.45, 2.75) is 6.54 Å². The van der Waals surface area contributed by atoms with Gasteiger partial charge in [0, 0.05) is 23.3 Å². The number of amides is 1. The van der Waals surface area contributed by atoms with E-state index in [9.17, 15) is 4.79 Å². The van der Waals surface area contributed by atoms with Crippen LogP contribution < -0.4 is 10.1 Å². The Balaban J connectivity index is 1.28. The van der Waals surface area contributed by atoms with Crippen LogP contribution in [0.4, 0.5) is 0 Å². The van der Waals surface area contributed by atoms with Crippen molar-refractivity contribution in [1.82, 2.24) is 15.1 Å². The summed E-state index contributed by atoms with van der Waals surface area (Å²) >= 11 is 0. The minimum atomic E-state index is -0.104. The molecule has 1 heterocycles. The number of nitrogens with zero attached hydrogens (tertiary/aromatic N) is 2. The van der Waals surface area contributed by atoms with E-state index < -0.39 is 0 Å². The highest BCUT2D eigenvalue weighted by atomic mass is 16.5. The van der Waals surface area contributed by atoms with Crippen LogP contribution in [0, 0.1) is 0 Å². The van der Waals surface area contributed by atoms with Crippen LogP contribution in [0.2, 0.25) is 0 Å². The lowest BCUT2D eigenvalue weighted by atomic mass is 10.1. The first-order chi connectivity index (χ1) is 13.8. The van der Waals surface area contributed by atoms with Crippen LogP contribution >= 0.6 is 0 Å². The average Bonchev–Trinajstić information content (AvgIpc) is 3.25. The van der Waals surface area contributed by atoms with Gasteiger partial charge in [0.2, 0.25) is 0 Å². The van der Waals surface area contributed by atoms with E-state index in [0.717, 1.165) is 22.1 Å². The van der Waals surface area contributed by atoms with Crippen molar-refractivity contribution in [3.8, 4) is 5.75 Å². The molecular weight excluding hydrogens is 350 g/mol. The summed E-state index contributed by atoms with van der Waals surface area (Å²) in [5.41, 5.74) is 1.73. The summed E-state index contributed by atoms with van der Waals surface area (Å²) in [5, 5.41) is 9.30. The Kier molecular flexibility index (Phi) is 5.33. The van der Waals surface area contributed by atoms with Gasteiger partial charge in [-0.2, -0.15) is 5.10 Å². The monoisotopic (exact) mass is 371 g/mol. The van der Waals surface area contributed by atoms with Crippen molar-refractivity contribution in [3.05, 3.63) is 96.3 Å². The smallest absolute Gasteiger partial charge is 0.251 e. The summed E-state index contributed by atoms with van der Waals surface area (Å²) in [4.78, 5) is 12.3. The average molecular weight is 371 g/mol. The fraction of sp³-hybridized carbons (Fsp3) is 0.130. The summed E-state index contributed by atoms with van der Waals surface area (Å²) < 4.78 is 7.71. The van der Waals surface area contributed by atoms with Crippen LogP contribution in [0.1, 0.15) is 15.9 Å². The number of fused-ring (bicyclic) bond motifs is 1. The van der Waals surface area contributed by atoms with Crippen LogP contribution in [0.15, 0.2) is 85.2 Å². The third-order valence-electron chi connectivity index (χ3n) is 4.51. The third-order valence-corrected chi connectivity index (χ3v) is 4.51. The van der Waals surface area contributed by atoms with Gasteiger partial charge in [0.05, 0.1) is 13.1 Å². The summed E-state index contributed by atoms with van der Waals surface area (Å²) in [6, 6.07) is 23.5. The molecule has 0 aliphatic carbocycles. The Morgan fingerprint density at radius 1 is 0.964 bits per heavy atom. The molecule has 0 saturated carbocycles. The summed E-state index contributed by atoms with van der Waals surface area (Å²) in [6.45, 7) is 1.54. The molecular formula is C23H21N3O2. The molecule has 140 valence electrons. The minimum absolute atomic E-state index is 0.104. The van der Waals surface area contributed by atoms with Crippen LogP contribution in [-0.4, -0.2) is 28.8 Å². The predicted octanol–water partition coefficient (Wildman–Crippen LogP) is 3.89. The lowest BCUT2D eigenvalue weighted by molar-refractivity contribution is 0.0947. The molecule has 0 spiro atoms. The van der Waals surface area contributed by atoms with E-state index in [0.29, 0.717) is 25.3 Å². The number of hydrogen-bond donors (Lipinski definition) is 1. The van der Waals surface area contributed by atoms with E-state index in [4.69, 9.17) is 4.74 Å². The highest BCUT2D eigenvalue weighted by Crippen LogP contribution is 2.24. The number of aromatic nitrogens is 2. The van der Waals surface area contributed by atoms with Gasteiger partial charge in [-0.25, -0.2) is 0 Å². The second kappa shape index (κ2) is 8.39. The lowest BCUT2D eigenvalue weighted by Gasteiger charge is -2.10. The maximum Gasteiger partial charge on any atom is 0.251 e. The molecule has 4 rings (SSSR count). The molecule has 4 aromatic rings. The molecule has 0 aliphatic heterocycles. The van der Waals surface area contributed by atoms with Gasteiger partial charge < -0.3 is 10.1 Å². The molecule has 28 heavy (non-hydrogen) atoms. The van der Waals surface area contributed by atoms with E-state index in [1.54, 1.807) is 6.20 Å². The molecule has 0 aliphatic rings. The summed E-state index contributed by atoms with van der Waals surface area (Å²) in [7, 11) is 0. The number of ether oxygens (including phenoxy) is 1. The maximum atomic E-state index is 12.3. The highest BCUT2D eigenvalue weighted by molar-refractivity contribution is 5.94. The van der Waals surface area contributed by atoms with E-state index in [1.807, 2.05) is 71.5 Å². The van der Waals surface area contributed by atoms with Crippen LogP contribution in [0.3, 0.4) is 0 Å². The SMILES string of the molecule is O=C(NCCOc1cccc2ccccc12)c1ccc(Cn2cccn2)cc1. The molecule has 1 N–H and O–H groups in total. The normalized spacial score (nSPS) is 10.7. The number of nitrogens with one attached hydrogen (secondary N) is 1. The van der Waals surface area contributed by atoms with Crippen molar-refractivity contribution < 1.29 is 9.53 Å². The van der Waals surface area contributed by atoms with Crippen LogP contribution in [0.25, 0.3) is 10.8 Å². The number of hydrogen-bond acceptors (Lipinski definition) is 3. The zero-order valence-electron chi connectivity index (χ0n) is 15.4. The van der Waals surface area contributed by atoms with Crippen molar-refractivity contribution >= 4 is 16.7 Å². The van der Waals surface area contributed by atoms with Crippen molar-refractivity contribution in [2.75, 3.05) is 13.2 Å². The fourth-order valence-corrected chi connectivity index (χ4v) is 3.09. The lowest BCUT2D eigenvalue weighted by Crippen LogP contribution is -2.28. The molecule has 1 aromatic heterocycles. The summed E-state index contributed by atoms with van der Waals surface area (Å²) in [5.74, 6) is 0.725. The molecule has 0 radical (unpaired) electrons. The number of benzene rings is 3. The number of carbonyl (C=O) groups excluding carboxylic acids is 1. The minimum Gasteiger partial charge on any atom is -0.491 e. The molecule has 5 nitrogen and oxygen atoms in total. The predicted molar refractivity (Wildman–Crippen MR) is 110 cm³/mol. The van der Waals surface area contributed by atoms with E-state index in [-0.39, 0.29) is 5.91 Å². The van der Waals surface area contributed by atoms with Crippen LogP contribution in [0.5, 0.6) is 5.75 Å². The quantitative estimate of drug-likeness (QED) is 0.502. The molecule has 3 aromatic carbocycles. The van der Waals surface area contributed by atoms with Gasteiger partial charge in [0.1, 0.15) is 12.4 Å². The first-order valence-electron chi connectivity index (χ1n) is 9.25. The molecule has 5 heteroatoms. The zero-order chi connectivity index (χ0) is 19.2. The Morgan fingerprint density at radius 3 is 2.61 bits per heavy atom. The Bertz CT molecular complexity index is 1050. The second-order valence-electron chi connectivity index (χ2n) is 6.48.